The Bertz CT molecular complexity index is 675. The Labute approximate surface area is 122 Å². The fourth-order valence-corrected chi connectivity index (χ4v) is 3.22. The minimum absolute atomic E-state index is 0.264. The maximum Gasteiger partial charge on any atom is 0.339 e. The number of nitrogens with zero attached hydrogens (tertiary/aromatic N) is 1. The first kappa shape index (κ1) is 17.1. The number of hydrogen-bond acceptors (Lipinski definition) is 6. The summed E-state index contributed by atoms with van der Waals surface area (Å²) in [5.74, 6) is -0.890. The zero-order chi connectivity index (χ0) is 16.4. The second-order valence-electron chi connectivity index (χ2n) is 5.28. The molecule has 0 heterocycles. The van der Waals surface area contributed by atoms with Gasteiger partial charge in [0.1, 0.15) is 4.90 Å². The molecule has 1 aromatic carbocycles. The summed E-state index contributed by atoms with van der Waals surface area (Å²) in [5, 5.41) is 10.8. The lowest BCUT2D eigenvalue weighted by Crippen LogP contribution is -2.41. The van der Waals surface area contributed by atoms with Crippen LogP contribution in [-0.2, 0) is 14.8 Å². The number of carbonyl (C=O) groups excluding carboxylic acids is 1. The lowest BCUT2D eigenvalue weighted by Gasteiger charge is -2.21. The van der Waals surface area contributed by atoms with Gasteiger partial charge in [0.25, 0.3) is 5.69 Å². The van der Waals surface area contributed by atoms with E-state index in [0.29, 0.717) is 0 Å². The molecule has 116 valence electrons. The van der Waals surface area contributed by atoms with Crippen molar-refractivity contribution in [1.29, 1.82) is 0 Å². The van der Waals surface area contributed by atoms with Gasteiger partial charge in [0.15, 0.2) is 0 Å². The number of sulfonamides is 1. The molecule has 0 aromatic heterocycles. The van der Waals surface area contributed by atoms with Gasteiger partial charge < -0.3 is 4.74 Å². The third-order valence-corrected chi connectivity index (χ3v) is 4.11. The summed E-state index contributed by atoms with van der Waals surface area (Å²) in [6.45, 7) is 4.83. The van der Waals surface area contributed by atoms with Crippen molar-refractivity contribution >= 4 is 21.7 Å². The third-order valence-electron chi connectivity index (χ3n) is 2.31. The molecule has 0 aliphatic heterocycles. The monoisotopic (exact) mass is 316 g/mol. The fraction of sp³-hybridized carbons (Fsp3) is 0.417. The topological polar surface area (TPSA) is 116 Å². The smallest absolute Gasteiger partial charge is 0.339 e. The van der Waals surface area contributed by atoms with E-state index in [1.165, 1.54) is 0 Å². The first-order valence-corrected chi connectivity index (χ1v) is 7.37. The molecule has 0 fully saturated rings. The summed E-state index contributed by atoms with van der Waals surface area (Å²) >= 11 is 0. The van der Waals surface area contributed by atoms with E-state index in [9.17, 15) is 23.3 Å². The Balaban J connectivity index is 3.53. The van der Waals surface area contributed by atoms with Crippen LogP contribution in [0.5, 0.6) is 0 Å². The summed E-state index contributed by atoms with van der Waals surface area (Å²) in [6, 6.07) is 2.93. The molecule has 0 aliphatic rings. The quantitative estimate of drug-likeness (QED) is 0.510. The number of non-ortho nitro benzene ring substituents is 1. The highest BCUT2D eigenvalue weighted by atomic mass is 32.2. The average molecular weight is 316 g/mol. The number of nitro groups is 1. The number of benzene rings is 1. The zero-order valence-electron chi connectivity index (χ0n) is 12.0. The normalized spacial score (nSPS) is 12.0. The largest absolute Gasteiger partial charge is 0.465 e. The van der Waals surface area contributed by atoms with E-state index in [4.69, 9.17) is 0 Å². The predicted octanol–water partition coefficient (Wildman–Crippen LogP) is 1.46. The summed E-state index contributed by atoms with van der Waals surface area (Å²) in [4.78, 5) is 21.2. The molecule has 9 heteroatoms. The van der Waals surface area contributed by atoms with Crippen LogP contribution >= 0.6 is 0 Å². The van der Waals surface area contributed by atoms with Gasteiger partial charge >= 0.3 is 5.97 Å². The molecule has 0 unspecified atom stereocenters. The van der Waals surface area contributed by atoms with Crippen molar-refractivity contribution in [1.82, 2.24) is 4.72 Å². The maximum absolute atomic E-state index is 12.3. The van der Waals surface area contributed by atoms with Gasteiger partial charge in [-0.05, 0) is 26.8 Å². The molecule has 0 saturated heterocycles. The molecule has 0 saturated carbocycles. The summed E-state index contributed by atoms with van der Waals surface area (Å²) in [6.07, 6.45) is 0. The maximum atomic E-state index is 12.3. The van der Waals surface area contributed by atoms with Gasteiger partial charge in [-0.2, -0.15) is 0 Å². The van der Waals surface area contributed by atoms with Crippen molar-refractivity contribution in [2.75, 3.05) is 7.11 Å². The number of nitrogens with one attached hydrogen (secondary N) is 1. The molecule has 21 heavy (non-hydrogen) atoms. The molecule has 0 bridgehead atoms. The molecule has 0 radical (unpaired) electrons. The molecule has 1 N–H and O–H groups in total. The highest BCUT2D eigenvalue weighted by Crippen LogP contribution is 2.24. The van der Waals surface area contributed by atoms with Crippen molar-refractivity contribution in [3.8, 4) is 0 Å². The highest BCUT2D eigenvalue weighted by Gasteiger charge is 2.29. The standard InChI is InChI=1S/C12H16N2O6S/c1-12(2,3)13-21(18,19)10-7-8(14(16)17)5-6-9(10)11(15)20-4/h5-7,13H,1-4H3. The SMILES string of the molecule is COC(=O)c1ccc([N+](=O)[O-])cc1S(=O)(=O)NC(C)(C)C. The first-order chi connectivity index (χ1) is 9.48. The Kier molecular flexibility index (Phi) is 4.69. The molecule has 1 aromatic rings. The molecular formula is C12H16N2O6S. The zero-order valence-corrected chi connectivity index (χ0v) is 12.9. The van der Waals surface area contributed by atoms with Gasteiger partial charge in [-0.25, -0.2) is 17.9 Å². The van der Waals surface area contributed by atoms with E-state index in [1.54, 1.807) is 20.8 Å². The van der Waals surface area contributed by atoms with Crippen molar-refractivity contribution in [3.05, 3.63) is 33.9 Å². The minimum atomic E-state index is -4.12. The van der Waals surface area contributed by atoms with Crippen LogP contribution in [0.15, 0.2) is 23.1 Å². The van der Waals surface area contributed by atoms with Crippen LogP contribution in [0.4, 0.5) is 5.69 Å². The minimum Gasteiger partial charge on any atom is -0.465 e. The molecular weight excluding hydrogens is 300 g/mol. The first-order valence-electron chi connectivity index (χ1n) is 5.88. The highest BCUT2D eigenvalue weighted by molar-refractivity contribution is 7.89. The van der Waals surface area contributed by atoms with Crippen LogP contribution in [0, 0.1) is 10.1 Å². The lowest BCUT2D eigenvalue weighted by molar-refractivity contribution is -0.385. The van der Waals surface area contributed by atoms with E-state index in [0.717, 1.165) is 25.3 Å². The number of hydrogen-bond donors (Lipinski definition) is 1. The van der Waals surface area contributed by atoms with Crippen LogP contribution in [0.3, 0.4) is 0 Å². The van der Waals surface area contributed by atoms with Gasteiger partial charge in [0, 0.05) is 17.7 Å². The van der Waals surface area contributed by atoms with Gasteiger partial charge in [0.05, 0.1) is 17.6 Å². The molecule has 0 aliphatic carbocycles. The van der Waals surface area contributed by atoms with Crippen LogP contribution < -0.4 is 4.72 Å². The number of rotatable bonds is 4. The number of methoxy groups -OCH3 is 1. The van der Waals surface area contributed by atoms with Gasteiger partial charge in [-0.3, -0.25) is 10.1 Å². The predicted molar refractivity (Wildman–Crippen MR) is 74.5 cm³/mol. The number of carbonyl (C=O) groups is 1. The Morgan fingerprint density at radius 1 is 1.33 bits per heavy atom. The fourth-order valence-electron chi connectivity index (χ4n) is 1.58. The number of esters is 1. The van der Waals surface area contributed by atoms with Crippen molar-refractivity contribution in [2.45, 2.75) is 31.2 Å². The number of ether oxygens (including phenoxy) is 1. The van der Waals surface area contributed by atoms with Crippen molar-refractivity contribution < 1.29 is 22.9 Å². The Hall–Kier alpha value is -2.00. The second kappa shape index (κ2) is 5.78. The summed E-state index contributed by atoms with van der Waals surface area (Å²) in [5.41, 5.74) is -1.51. The average Bonchev–Trinajstić information content (AvgIpc) is 2.34. The van der Waals surface area contributed by atoms with Crippen molar-refractivity contribution in [3.63, 3.8) is 0 Å². The van der Waals surface area contributed by atoms with E-state index in [2.05, 4.69) is 9.46 Å². The van der Waals surface area contributed by atoms with E-state index in [1.807, 2.05) is 0 Å². The molecule has 8 nitrogen and oxygen atoms in total. The van der Waals surface area contributed by atoms with Crippen LogP contribution in [-0.4, -0.2) is 32.0 Å². The Morgan fingerprint density at radius 3 is 2.33 bits per heavy atom. The molecule has 0 atom stereocenters. The summed E-state index contributed by atoms with van der Waals surface area (Å²) in [7, 11) is -3.02. The third kappa shape index (κ3) is 4.23. The van der Waals surface area contributed by atoms with Crippen molar-refractivity contribution in [2.24, 2.45) is 0 Å². The van der Waals surface area contributed by atoms with Crippen LogP contribution in [0.25, 0.3) is 0 Å². The Morgan fingerprint density at radius 2 is 1.90 bits per heavy atom. The summed E-state index contributed by atoms with van der Waals surface area (Å²) < 4.78 is 31.5. The second-order valence-corrected chi connectivity index (χ2v) is 6.94. The molecule has 0 spiro atoms. The molecule has 1 rings (SSSR count). The van der Waals surface area contributed by atoms with Crippen LogP contribution in [0.2, 0.25) is 0 Å². The number of nitro benzene ring substituents is 1. The van der Waals surface area contributed by atoms with Crippen LogP contribution in [0.1, 0.15) is 31.1 Å². The van der Waals surface area contributed by atoms with E-state index >= 15 is 0 Å². The van der Waals surface area contributed by atoms with Gasteiger partial charge in [0.2, 0.25) is 10.0 Å². The van der Waals surface area contributed by atoms with E-state index in [-0.39, 0.29) is 5.56 Å². The molecule has 0 amide bonds. The lowest BCUT2D eigenvalue weighted by atomic mass is 10.1. The van der Waals surface area contributed by atoms with E-state index < -0.39 is 37.0 Å². The van der Waals surface area contributed by atoms with Gasteiger partial charge in [-0.1, -0.05) is 0 Å². The van der Waals surface area contributed by atoms with Gasteiger partial charge in [-0.15, -0.1) is 0 Å².